The topological polar surface area (TPSA) is 114 Å². The lowest BCUT2D eigenvalue weighted by molar-refractivity contribution is 0.102. The molecule has 0 bridgehead atoms. The molecule has 0 fully saturated rings. The summed E-state index contributed by atoms with van der Waals surface area (Å²) in [7, 11) is 5.32. The minimum absolute atomic E-state index is 0.0899. The highest BCUT2D eigenvalue weighted by Crippen LogP contribution is 2.29. The van der Waals surface area contributed by atoms with Crippen LogP contribution in [-0.4, -0.2) is 58.1 Å². The van der Waals surface area contributed by atoms with Crippen LogP contribution in [0.4, 0.5) is 15.6 Å². The van der Waals surface area contributed by atoms with Crippen LogP contribution < -0.4 is 10.6 Å². The van der Waals surface area contributed by atoms with Crippen molar-refractivity contribution in [2.24, 2.45) is 0 Å². The van der Waals surface area contributed by atoms with Gasteiger partial charge in [-0.1, -0.05) is 49.5 Å². The summed E-state index contributed by atoms with van der Waals surface area (Å²) < 4.78 is 6.26. The van der Waals surface area contributed by atoms with Crippen LogP contribution >= 0.6 is 11.3 Å². The summed E-state index contributed by atoms with van der Waals surface area (Å²) in [5, 5.41) is 14.5. The number of amides is 2. The zero-order chi connectivity index (χ0) is 28.3. The van der Waals surface area contributed by atoms with Crippen LogP contribution in [0.3, 0.4) is 0 Å². The van der Waals surface area contributed by atoms with Crippen LogP contribution in [0.1, 0.15) is 47.8 Å². The fraction of sp³-hybridized carbons (Fsp3) is 0.321. The molecule has 0 atom stereocenters. The van der Waals surface area contributed by atoms with Crippen LogP contribution in [0.15, 0.2) is 48.8 Å². The third kappa shape index (κ3) is 6.87. The first-order valence-electron chi connectivity index (χ1n) is 12.4. The van der Waals surface area contributed by atoms with Crippen LogP contribution in [0.2, 0.25) is 0 Å². The minimum Gasteiger partial charge on any atom is -0.453 e. The molecule has 2 N–H and O–H groups in total. The summed E-state index contributed by atoms with van der Waals surface area (Å²) in [6, 6.07) is 11.8. The van der Waals surface area contributed by atoms with Crippen molar-refractivity contribution in [2.75, 3.05) is 31.8 Å². The number of carbonyl (C=O) groups is 2. The number of methoxy groups -OCH3 is 1. The van der Waals surface area contributed by atoms with Crippen molar-refractivity contribution < 1.29 is 14.3 Å². The number of aromatic nitrogens is 4. The Bertz CT molecular complexity index is 1500. The Morgan fingerprint density at radius 3 is 2.56 bits per heavy atom. The van der Waals surface area contributed by atoms with E-state index < -0.39 is 6.09 Å². The molecule has 0 aliphatic rings. The number of nitrogens with one attached hydrogen (secondary N) is 2. The maximum Gasteiger partial charge on any atom is 0.413 e. The SMILES string of the molecule is COC(=O)Nc1ncc(-c2cn(-c3cc(NC(=O)c4cc(CN(C)C)cc(C(C)(C)C)c4)ccc3C)nn2)s1. The van der Waals surface area contributed by atoms with E-state index in [1.165, 1.54) is 18.4 Å². The van der Waals surface area contributed by atoms with Gasteiger partial charge in [-0.15, -0.1) is 5.10 Å². The zero-order valence-electron chi connectivity index (χ0n) is 23.2. The molecule has 0 radical (unpaired) electrons. The number of benzene rings is 2. The lowest BCUT2D eigenvalue weighted by Crippen LogP contribution is -2.18. The predicted molar refractivity (Wildman–Crippen MR) is 154 cm³/mol. The molecule has 0 aliphatic carbocycles. The molecule has 11 heteroatoms. The van der Waals surface area contributed by atoms with Gasteiger partial charge in [-0.2, -0.15) is 0 Å². The van der Waals surface area contributed by atoms with E-state index >= 15 is 0 Å². The molecule has 4 rings (SSSR count). The van der Waals surface area contributed by atoms with Gasteiger partial charge < -0.3 is 15.0 Å². The fourth-order valence-corrected chi connectivity index (χ4v) is 4.68. The normalized spacial score (nSPS) is 11.5. The Balaban J connectivity index is 1.57. The van der Waals surface area contributed by atoms with Crippen LogP contribution in [0.5, 0.6) is 0 Å². The number of carbonyl (C=O) groups excluding carboxylic acids is 2. The molecule has 0 saturated carbocycles. The summed E-state index contributed by atoms with van der Waals surface area (Å²) in [5.41, 5.74) is 5.72. The first-order chi connectivity index (χ1) is 18.4. The molecule has 39 heavy (non-hydrogen) atoms. The molecule has 2 amide bonds. The van der Waals surface area contributed by atoms with Gasteiger partial charge in [0, 0.05) is 24.0 Å². The van der Waals surface area contributed by atoms with Gasteiger partial charge in [0.1, 0.15) is 5.69 Å². The standard InChI is InChI=1S/C28H33N7O3S/c1-17-8-9-21(30-25(36)19-10-18(15-34(5)6)11-20(12-19)28(2,3)4)13-23(17)35-16-22(32-33-35)24-14-29-26(39-24)31-27(37)38-7/h8-14,16H,15H2,1-7H3,(H,30,36)(H,29,31,37). The molecule has 0 aliphatic heterocycles. The van der Waals surface area contributed by atoms with Crippen molar-refractivity contribution in [1.29, 1.82) is 0 Å². The summed E-state index contributed by atoms with van der Waals surface area (Å²) in [6.45, 7) is 9.14. The van der Waals surface area contributed by atoms with Gasteiger partial charge in [0.25, 0.3) is 5.91 Å². The quantitative estimate of drug-likeness (QED) is 0.314. The van der Waals surface area contributed by atoms with Crippen LogP contribution in [0, 0.1) is 6.92 Å². The average molecular weight is 548 g/mol. The van der Waals surface area contributed by atoms with E-state index in [0.717, 1.165) is 33.8 Å². The fourth-order valence-electron chi connectivity index (χ4n) is 3.93. The van der Waals surface area contributed by atoms with Crippen LogP contribution in [-0.2, 0) is 16.7 Å². The Morgan fingerprint density at radius 2 is 1.87 bits per heavy atom. The molecule has 2 heterocycles. The molecular formula is C28H33N7O3S. The Labute approximate surface area is 232 Å². The highest BCUT2D eigenvalue weighted by Gasteiger charge is 2.19. The first-order valence-corrected chi connectivity index (χ1v) is 13.2. The van der Waals surface area contributed by atoms with Gasteiger partial charge in [0.05, 0.1) is 23.9 Å². The molecule has 0 saturated heterocycles. The zero-order valence-corrected chi connectivity index (χ0v) is 24.0. The molecular weight excluding hydrogens is 514 g/mol. The second-order valence-corrected chi connectivity index (χ2v) is 11.6. The van der Waals surface area contributed by atoms with Crippen LogP contribution in [0.25, 0.3) is 16.3 Å². The van der Waals surface area contributed by atoms with Crippen molar-refractivity contribution >= 4 is 34.2 Å². The highest BCUT2D eigenvalue weighted by atomic mass is 32.1. The second kappa shape index (κ2) is 11.3. The van der Waals surface area contributed by atoms with E-state index in [9.17, 15) is 9.59 Å². The molecule has 2 aromatic carbocycles. The summed E-state index contributed by atoms with van der Waals surface area (Å²) in [4.78, 5) is 31.8. The maximum absolute atomic E-state index is 13.3. The average Bonchev–Trinajstić information content (AvgIpc) is 3.54. The smallest absolute Gasteiger partial charge is 0.413 e. The van der Waals surface area contributed by atoms with Gasteiger partial charge in [-0.25, -0.2) is 14.5 Å². The summed E-state index contributed by atoms with van der Waals surface area (Å²) in [6.07, 6.45) is 2.81. The maximum atomic E-state index is 13.3. The van der Waals surface area contributed by atoms with E-state index in [-0.39, 0.29) is 11.3 Å². The molecule has 10 nitrogen and oxygen atoms in total. The van der Waals surface area contributed by atoms with Crippen molar-refractivity contribution in [2.45, 2.75) is 39.7 Å². The lowest BCUT2D eigenvalue weighted by atomic mass is 9.85. The largest absolute Gasteiger partial charge is 0.453 e. The van der Waals surface area contributed by atoms with Crippen molar-refractivity contribution in [1.82, 2.24) is 24.9 Å². The predicted octanol–water partition coefficient (Wildman–Crippen LogP) is 5.49. The third-order valence-corrected chi connectivity index (χ3v) is 6.91. The monoisotopic (exact) mass is 547 g/mol. The van der Waals surface area contributed by atoms with Crippen molar-refractivity contribution in [3.63, 3.8) is 0 Å². The second-order valence-electron chi connectivity index (χ2n) is 10.6. The van der Waals surface area contributed by atoms with Crippen molar-refractivity contribution in [3.05, 3.63) is 71.0 Å². The molecule has 4 aromatic rings. The van der Waals surface area contributed by atoms with Gasteiger partial charge in [-0.05, 0) is 67.4 Å². The number of rotatable bonds is 7. The molecule has 2 aromatic heterocycles. The summed E-state index contributed by atoms with van der Waals surface area (Å²) in [5.74, 6) is -0.175. The van der Waals surface area contributed by atoms with Gasteiger partial charge >= 0.3 is 6.09 Å². The van der Waals surface area contributed by atoms with Gasteiger partial charge in [-0.3, -0.25) is 10.1 Å². The minimum atomic E-state index is -0.590. The van der Waals surface area contributed by atoms with E-state index in [2.05, 4.69) is 62.4 Å². The number of ether oxygens (including phenoxy) is 1. The van der Waals surface area contributed by atoms with Crippen molar-refractivity contribution in [3.8, 4) is 16.3 Å². The Morgan fingerprint density at radius 1 is 1.10 bits per heavy atom. The number of anilines is 2. The Kier molecular flexibility index (Phi) is 8.12. The van der Waals surface area contributed by atoms with Gasteiger partial charge in [0.2, 0.25) is 0 Å². The van der Waals surface area contributed by atoms with E-state index in [1.807, 2.05) is 51.4 Å². The lowest BCUT2D eigenvalue weighted by Gasteiger charge is -2.22. The summed E-state index contributed by atoms with van der Waals surface area (Å²) >= 11 is 1.26. The van der Waals surface area contributed by atoms with Gasteiger partial charge in [0.15, 0.2) is 5.13 Å². The Hall–Kier alpha value is -4.09. The third-order valence-electron chi connectivity index (χ3n) is 5.98. The first kappa shape index (κ1) is 27.9. The molecule has 204 valence electrons. The highest BCUT2D eigenvalue weighted by molar-refractivity contribution is 7.19. The molecule has 0 spiro atoms. The number of aryl methyl sites for hydroxylation is 1. The molecule has 0 unspecified atom stereocenters. The number of nitrogens with zero attached hydrogens (tertiary/aromatic N) is 5. The number of hydrogen-bond acceptors (Lipinski definition) is 8. The number of hydrogen-bond donors (Lipinski definition) is 2. The van der Waals surface area contributed by atoms with E-state index in [0.29, 0.717) is 22.1 Å². The van der Waals surface area contributed by atoms with E-state index in [1.54, 1.807) is 17.1 Å². The van der Waals surface area contributed by atoms with E-state index in [4.69, 9.17) is 0 Å². The number of thiazole rings is 1.